The lowest BCUT2D eigenvalue weighted by molar-refractivity contribution is -0.118. The van der Waals surface area contributed by atoms with Crippen molar-refractivity contribution in [2.45, 2.75) is 0 Å². The highest BCUT2D eigenvalue weighted by molar-refractivity contribution is 6.07. The number of rotatable bonds is 7. The highest BCUT2D eigenvalue weighted by atomic mass is 16.5. The summed E-state index contributed by atoms with van der Waals surface area (Å²) in [6.45, 7) is -0.228. The maximum atomic E-state index is 12.5. The quantitative estimate of drug-likeness (QED) is 0.434. The van der Waals surface area contributed by atoms with Gasteiger partial charge in [-0.15, -0.1) is 0 Å². The molecular formula is C23H22N2O6. The van der Waals surface area contributed by atoms with E-state index < -0.39 is 11.8 Å². The lowest BCUT2D eigenvalue weighted by atomic mass is 10.1. The van der Waals surface area contributed by atoms with E-state index in [-0.39, 0.29) is 12.4 Å². The van der Waals surface area contributed by atoms with Crippen LogP contribution in [0.15, 0.2) is 72.8 Å². The van der Waals surface area contributed by atoms with Gasteiger partial charge in [-0.2, -0.15) is 0 Å². The molecule has 0 aliphatic heterocycles. The van der Waals surface area contributed by atoms with Crippen molar-refractivity contribution in [3.05, 3.63) is 83.9 Å². The standard InChI is InChI=1S/C22H18N2O5.CH4O/c25-13-16-4-1-2-7-20(16)24-22(28)15-5-3-6-17(12-15)23-21(27)14-29-19-10-8-18(26)9-11-19;1-2/h1-13,26H,14H2,(H,23,27)(H,24,28);2H,1H3. The number of benzene rings is 3. The van der Waals surface area contributed by atoms with Gasteiger partial charge in [-0.25, -0.2) is 0 Å². The summed E-state index contributed by atoms with van der Waals surface area (Å²) in [5, 5.41) is 21.6. The van der Waals surface area contributed by atoms with Crippen LogP contribution in [0, 0.1) is 0 Å². The number of phenolic OH excluding ortho intramolecular Hbond substituents is 1. The van der Waals surface area contributed by atoms with Crippen LogP contribution >= 0.6 is 0 Å². The van der Waals surface area contributed by atoms with Crippen LogP contribution < -0.4 is 15.4 Å². The molecule has 8 nitrogen and oxygen atoms in total. The molecule has 0 aliphatic carbocycles. The van der Waals surface area contributed by atoms with E-state index in [1.807, 2.05) is 0 Å². The van der Waals surface area contributed by atoms with Crippen LogP contribution in [-0.4, -0.2) is 42.0 Å². The summed E-state index contributed by atoms with van der Waals surface area (Å²) in [6.07, 6.45) is 0.667. The summed E-state index contributed by atoms with van der Waals surface area (Å²) in [5.74, 6) is -0.259. The predicted molar refractivity (Wildman–Crippen MR) is 117 cm³/mol. The molecule has 2 amide bonds. The largest absolute Gasteiger partial charge is 0.508 e. The van der Waals surface area contributed by atoms with Gasteiger partial charge < -0.3 is 25.6 Å². The first-order valence-corrected chi connectivity index (χ1v) is 9.17. The summed E-state index contributed by atoms with van der Waals surface area (Å²) >= 11 is 0. The van der Waals surface area contributed by atoms with E-state index in [9.17, 15) is 19.5 Å². The van der Waals surface area contributed by atoms with Gasteiger partial charge in [-0.3, -0.25) is 14.4 Å². The van der Waals surface area contributed by atoms with Crippen molar-refractivity contribution in [3.63, 3.8) is 0 Å². The third-order valence-electron chi connectivity index (χ3n) is 3.95. The molecule has 0 saturated heterocycles. The number of amides is 2. The van der Waals surface area contributed by atoms with Crippen LogP contribution in [0.1, 0.15) is 20.7 Å². The number of carbonyl (C=O) groups excluding carboxylic acids is 3. The topological polar surface area (TPSA) is 125 Å². The van der Waals surface area contributed by atoms with Gasteiger partial charge in [0.15, 0.2) is 12.9 Å². The zero-order valence-electron chi connectivity index (χ0n) is 16.7. The fourth-order valence-electron chi connectivity index (χ4n) is 2.53. The molecule has 0 heterocycles. The molecule has 3 aromatic carbocycles. The molecule has 3 rings (SSSR count). The number of aliphatic hydroxyl groups is 1. The molecule has 0 atom stereocenters. The number of nitrogens with one attached hydrogen (secondary N) is 2. The van der Waals surface area contributed by atoms with Crippen LogP contribution in [0.25, 0.3) is 0 Å². The van der Waals surface area contributed by atoms with Crippen molar-refractivity contribution in [3.8, 4) is 11.5 Å². The molecule has 0 fully saturated rings. The number of hydrogen-bond acceptors (Lipinski definition) is 6. The Labute approximate surface area is 179 Å². The van der Waals surface area contributed by atoms with Crippen molar-refractivity contribution in [1.82, 2.24) is 0 Å². The van der Waals surface area contributed by atoms with Crippen molar-refractivity contribution >= 4 is 29.5 Å². The number of para-hydroxylation sites is 1. The summed E-state index contributed by atoms with van der Waals surface area (Å²) in [4.78, 5) is 35.6. The van der Waals surface area contributed by atoms with Gasteiger partial charge in [-0.1, -0.05) is 18.2 Å². The Morgan fingerprint density at radius 1 is 0.935 bits per heavy atom. The fourth-order valence-corrected chi connectivity index (χ4v) is 2.53. The molecule has 0 bridgehead atoms. The van der Waals surface area contributed by atoms with Crippen LogP contribution in [0.2, 0.25) is 0 Å². The fraction of sp³-hybridized carbons (Fsp3) is 0.0870. The van der Waals surface area contributed by atoms with E-state index in [2.05, 4.69) is 10.6 Å². The Morgan fingerprint density at radius 2 is 1.65 bits per heavy atom. The molecule has 8 heteroatoms. The van der Waals surface area contributed by atoms with E-state index >= 15 is 0 Å². The molecular weight excluding hydrogens is 400 g/mol. The van der Waals surface area contributed by atoms with Crippen molar-refractivity contribution < 1.29 is 29.3 Å². The Hall–Kier alpha value is -4.17. The zero-order valence-corrected chi connectivity index (χ0v) is 16.7. The number of hydrogen-bond donors (Lipinski definition) is 4. The van der Waals surface area contributed by atoms with Crippen LogP contribution in [0.3, 0.4) is 0 Å². The SMILES string of the molecule is CO.O=Cc1ccccc1NC(=O)c1cccc(NC(=O)COc2ccc(O)cc2)c1. The molecule has 0 unspecified atom stereocenters. The van der Waals surface area contributed by atoms with Gasteiger partial charge in [0.1, 0.15) is 11.5 Å². The van der Waals surface area contributed by atoms with Gasteiger partial charge >= 0.3 is 0 Å². The summed E-state index contributed by atoms with van der Waals surface area (Å²) in [6, 6.07) is 19.1. The summed E-state index contributed by atoms with van der Waals surface area (Å²) < 4.78 is 5.34. The number of aliphatic hydroxyl groups excluding tert-OH is 1. The van der Waals surface area contributed by atoms with Crippen LogP contribution in [0.4, 0.5) is 11.4 Å². The molecule has 0 spiro atoms. The number of aldehydes is 1. The van der Waals surface area contributed by atoms with E-state index in [1.54, 1.807) is 54.6 Å². The van der Waals surface area contributed by atoms with Gasteiger partial charge in [0.05, 0.1) is 5.69 Å². The number of carbonyl (C=O) groups is 3. The average molecular weight is 422 g/mol. The third kappa shape index (κ3) is 6.98. The molecule has 3 aromatic rings. The minimum atomic E-state index is -0.407. The van der Waals surface area contributed by atoms with E-state index in [0.29, 0.717) is 34.5 Å². The number of phenols is 1. The monoisotopic (exact) mass is 422 g/mol. The third-order valence-corrected chi connectivity index (χ3v) is 3.95. The first kappa shape index (κ1) is 23.1. The second-order valence-electron chi connectivity index (χ2n) is 6.07. The summed E-state index contributed by atoms with van der Waals surface area (Å²) in [5.41, 5.74) is 1.53. The Kier molecular flexibility index (Phi) is 8.75. The minimum Gasteiger partial charge on any atom is -0.508 e. The predicted octanol–water partition coefficient (Wildman–Crippen LogP) is 3.08. The highest BCUT2D eigenvalue weighted by Gasteiger charge is 2.11. The number of ether oxygens (including phenoxy) is 1. The first-order valence-electron chi connectivity index (χ1n) is 9.17. The number of anilines is 2. The molecule has 31 heavy (non-hydrogen) atoms. The van der Waals surface area contributed by atoms with Crippen molar-refractivity contribution in [1.29, 1.82) is 0 Å². The zero-order chi connectivity index (χ0) is 22.6. The normalized spacial score (nSPS) is 9.61. The molecule has 0 radical (unpaired) electrons. The molecule has 0 aliphatic rings. The Balaban J connectivity index is 0.00000166. The Bertz CT molecular complexity index is 1030. The van der Waals surface area contributed by atoms with Crippen LogP contribution in [0.5, 0.6) is 11.5 Å². The summed E-state index contributed by atoms with van der Waals surface area (Å²) in [7, 11) is 1.00. The van der Waals surface area contributed by atoms with Gasteiger partial charge in [0, 0.05) is 23.9 Å². The molecule has 4 N–H and O–H groups in total. The van der Waals surface area contributed by atoms with Gasteiger partial charge in [-0.05, 0) is 54.6 Å². The molecule has 0 saturated carbocycles. The van der Waals surface area contributed by atoms with Crippen molar-refractivity contribution in [2.24, 2.45) is 0 Å². The average Bonchev–Trinajstić information content (AvgIpc) is 2.80. The molecule has 0 aromatic heterocycles. The number of aromatic hydroxyl groups is 1. The van der Waals surface area contributed by atoms with E-state index in [0.717, 1.165) is 7.11 Å². The maximum Gasteiger partial charge on any atom is 0.262 e. The lowest BCUT2D eigenvalue weighted by Gasteiger charge is -2.10. The van der Waals surface area contributed by atoms with E-state index in [4.69, 9.17) is 9.84 Å². The Morgan fingerprint density at radius 3 is 2.35 bits per heavy atom. The van der Waals surface area contributed by atoms with Crippen LogP contribution in [-0.2, 0) is 4.79 Å². The second-order valence-corrected chi connectivity index (χ2v) is 6.07. The first-order chi connectivity index (χ1) is 15.0. The maximum absolute atomic E-state index is 12.5. The van der Waals surface area contributed by atoms with Gasteiger partial charge in [0.2, 0.25) is 0 Å². The minimum absolute atomic E-state index is 0.104. The smallest absolute Gasteiger partial charge is 0.262 e. The molecule has 160 valence electrons. The highest BCUT2D eigenvalue weighted by Crippen LogP contribution is 2.17. The van der Waals surface area contributed by atoms with Crippen molar-refractivity contribution in [2.75, 3.05) is 24.4 Å². The van der Waals surface area contributed by atoms with E-state index in [1.165, 1.54) is 18.2 Å². The van der Waals surface area contributed by atoms with Gasteiger partial charge in [0.25, 0.3) is 11.8 Å². The second kappa shape index (κ2) is 11.7. The lowest BCUT2D eigenvalue weighted by Crippen LogP contribution is -2.20.